The van der Waals surface area contributed by atoms with Gasteiger partial charge in [0.05, 0.1) is 10.6 Å². The molecule has 1 aliphatic heterocycles. The van der Waals surface area contributed by atoms with Gasteiger partial charge in [-0.25, -0.2) is 8.42 Å². The van der Waals surface area contributed by atoms with Crippen molar-refractivity contribution >= 4 is 15.7 Å². The summed E-state index contributed by atoms with van der Waals surface area (Å²) >= 11 is 0. The Morgan fingerprint density at radius 1 is 1.08 bits per heavy atom. The molecule has 1 heterocycles. The summed E-state index contributed by atoms with van der Waals surface area (Å²) < 4.78 is 23.6. The van der Waals surface area contributed by atoms with Crippen LogP contribution in [0, 0.1) is 11.8 Å². The molecular weight excluding hydrogens is 322 g/mol. The molecular formula is C19H25NO3S. The third kappa shape index (κ3) is 3.72. The summed E-state index contributed by atoms with van der Waals surface area (Å²) in [6.07, 6.45) is 7.83. The first-order valence-corrected chi connectivity index (χ1v) is 10.4. The Hall–Kier alpha value is -1.62. The van der Waals surface area contributed by atoms with E-state index in [1.54, 1.807) is 19.1 Å². The number of carbonyl (C=O) groups excluding carboxylic acids is 1. The van der Waals surface area contributed by atoms with Gasteiger partial charge in [-0.15, -0.1) is 0 Å². The number of fused-ring (bicyclic) bond motifs is 1. The van der Waals surface area contributed by atoms with Crippen LogP contribution in [-0.4, -0.2) is 38.1 Å². The molecule has 1 saturated heterocycles. The van der Waals surface area contributed by atoms with Gasteiger partial charge in [0.15, 0.2) is 9.84 Å². The summed E-state index contributed by atoms with van der Waals surface area (Å²) in [5.41, 5.74) is 1.01. The van der Waals surface area contributed by atoms with Gasteiger partial charge < -0.3 is 4.90 Å². The van der Waals surface area contributed by atoms with Crippen LogP contribution in [0.5, 0.6) is 0 Å². The fourth-order valence-corrected chi connectivity index (χ4v) is 4.54. The summed E-state index contributed by atoms with van der Waals surface area (Å²) in [5.74, 6) is 1.60. The van der Waals surface area contributed by atoms with Crippen molar-refractivity contribution in [3.05, 3.63) is 42.0 Å². The van der Waals surface area contributed by atoms with Gasteiger partial charge in [0.25, 0.3) is 0 Å². The zero-order valence-electron chi connectivity index (χ0n) is 14.1. The predicted molar refractivity (Wildman–Crippen MR) is 94.4 cm³/mol. The highest BCUT2D eigenvalue weighted by Gasteiger charge is 2.34. The third-order valence-corrected chi connectivity index (χ3v) is 7.01. The Bertz CT molecular complexity index is 705. The first-order valence-electron chi connectivity index (χ1n) is 8.74. The molecule has 0 bridgehead atoms. The van der Waals surface area contributed by atoms with E-state index in [1.165, 1.54) is 0 Å². The van der Waals surface area contributed by atoms with E-state index in [9.17, 15) is 13.2 Å². The van der Waals surface area contributed by atoms with Crippen LogP contribution in [0.3, 0.4) is 0 Å². The van der Waals surface area contributed by atoms with Crippen LogP contribution in [0.15, 0.2) is 41.3 Å². The van der Waals surface area contributed by atoms with Crippen molar-refractivity contribution in [2.24, 2.45) is 11.8 Å². The van der Waals surface area contributed by atoms with Gasteiger partial charge in [-0.3, -0.25) is 4.79 Å². The Morgan fingerprint density at radius 3 is 2.21 bits per heavy atom. The minimum atomic E-state index is -3.15. The number of allylic oxidation sites excluding steroid dienone is 2. The van der Waals surface area contributed by atoms with Crippen LogP contribution in [0.4, 0.5) is 0 Å². The zero-order valence-corrected chi connectivity index (χ0v) is 15.0. The molecule has 24 heavy (non-hydrogen) atoms. The monoisotopic (exact) mass is 347 g/mol. The van der Waals surface area contributed by atoms with Crippen molar-refractivity contribution in [1.82, 2.24) is 4.90 Å². The zero-order chi connectivity index (χ0) is 17.2. The molecule has 1 fully saturated rings. The molecule has 1 aromatic rings. The van der Waals surface area contributed by atoms with Crippen LogP contribution in [-0.2, 0) is 21.1 Å². The van der Waals surface area contributed by atoms with Crippen LogP contribution in [0.2, 0.25) is 0 Å². The van der Waals surface area contributed by atoms with Crippen LogP contribution < -0.4 is 0 Å². The van der Waals surface area contributed by atoms with E-state index in [4.69, 9.17) is 0 Å². The molecule has 0 spiro atoms. The van der Waals surface area contributed by atoms with E-state index < -0.39 is 9.84 Å². The van der Waals surface area contributed by atoms with Gasteiger partial charge in [-0.1, -0.05) is 31.2 Å². The lowest BCUT2D eigenvalue weighted by Crippen LogP contribution is -2.29. The number of nitrogens with zero attached hydrogens (tertiary/aromatic N) is 1. The standard InChI is InChI=1S/C19H25NO3S/c1-2-24(22,23)18-10-7-15(8-11-18)9-12-19(21)20-13-16-5-3-4-6-17(16)14-20/h3-4,7-8,10-11,16-17H,2,5-6,9,12-14H2,1H3. The minimum Gasteiger partial charge on any atom is -0.342 e. The minimum absolute atomic E-state index is 0.108. The molecule has 0 N–H and O–H groups in total. The molecule has 0 saturated carbocycles. The number of benzene rings is 1. The van der Waals surface area contributed by atoms with Gasteiger partial charge in [-0.2, -0.15) is 0 Å². The molecule has 2 atom stereocenters. The highest BCUT2D eigenvalue weighted by molar-refractivity contribution is 7.91. The summed E-state index contributed by atoms with van der Waals surface area (Å²) in [6, 6.07) is 6.94. The van der Waals surface area contributed by atoms with Gasteiger partial charge in [0.1, 0.15) is 0 Å². The molecule has 1 amide bonds. The number of hydrogen-bond donors (Lipinski definition) is 0. The molecule has 3 rings (SSSR count). The molecule has 1 aromatic carbocycles. The van der Waals surface area contributed by atoms with Crippen molar-refractivity contribution in [2.45, 2.75) is 37.5 Å². The second-order valence-electron chi connectivity index (χ2n) is 6.81. The average Bonchev–Trinajstić information content (AvgIpc) is 3.04. The lowest BCUT2D eigenvalue weighted by atomic mass is 9.86. The van der Waals surface area contributed by atoms with E-state index in [2.05, 4.69) is 12.2 Å². The van der Waals surface area contributed by atoms with Crippen molar-refractivity contribution in [3.63, 3.8) is 0 Å². The molecule has 2 aliphatic rings. The van der Waals surface area contributed by atoms with Crippen LogP contribution in [0.1, 0.15) is 31.7 Å². The van der Waals surface area contributed by atoms with E-state index >= 15 is 0 Å². The SMILES string of the molecule is CCS(=O)(=O)c1ccc(CCC(=O)N2CC3CC=CCC3C2)cc1. The quantitative estimate of drug-likeness (QED) is 0.770. The topological polar surface area (TPSA) is 54.5 Å². The summed E-state index contributed by atoms with van der Waals surface area (Å²) in [4.78, 5) is 14.8. The lowest BCUT2D eigenvalue weighted by Gasteiger charge is -2.17. The summed E-state index contributed by atoms with van der Waals surface area (Å²) in [6.45, 7) is 3.42. The van der Waals surface area contributed by atoms with Gasteiger partial charge in [-0.05, 0) is 48.8 Å². The number of amides is 1. The second-order valence-corrected chi connectivity index (χ2v) is 9.09. The normalized spacial score (nSPS) is 23.3. The number of hydrogen-bond acceptors (Lipinski definition) is 3. The third-order valence-electron chi connectivity index (χ3n) is 5.26. The Morgan fingerprint density at radius 2 is 1.67 bits per heavy atom. The maximum absolute atomic E-state index is 12.4. The number of likely N-dealkylation sites (tertiary alicyclic amines) is 1. The second kappa shape index (κ2) is 7.09. The Kier molecular flexibility index (Phi) is 5.09. The van der Waals surface area contributed by atoms with Crippen LogP contribution in [0.25, 0.3) is 0 Å². The highest BCUT2D eigenvalue weighted by atomic mass is 32.2. The molecule has 0 radical (unpaired) electrons. The molecule has 1 aliphatic carbocycles. The van der Waals surface area contributed by atoms with Crippen LogP contribution >= 0.6 is 0 Å². The molecule has 2 unspecified atom stereocenters. The van der Waals surface area contributed by atoms with E-state index in [0.717, 1.165) is 31.5 Å². The highest BCUT2D eigenvalue weighted by Crippen LogP contribution is 2.33. The summed E-state index contributed by atoms with van der Waals surface area (Å²) in [7, 11) is -3.15. The van der Waals surface area contributed by atoms with E-state index in [0.29, 0.717) is 29.6 Å². The maximum Gasteiger partial charge on any atom is 0.222 e. The van der Waals surface area contributed by atoms with Crippen molar-refractivity contribution in [1.29, 1.82) is 0 Å². The summed E-state index contributed by atoms with van der Waals surface area (Å²) in [5, 5.41) is 0. The van der Waals surface area contributed by atoms with Gasteiger partial charge in [0, 0.05) is 19.5 Å². The number of rotatable bonds is 5. The predicted octanol–water partition coefficient (Wildman–Crippen LogP) is 2.84. The van der Waals surface area contributed by atoms with Gasteiger partial charge >= 0.3 is 0 Å². The van der Waals surface area contributed by atoms with Gasteiger partial charge in [0.2, 0.25) is 5.91 Å². The molecule has 5 heteroatoms. The first-order chi connectivity index (χ1) is 11.5. The molecule has 130 valence electrons. The molecule has 4 nitrogen and oxygen atoms in total. The number of aryl methyl sites for hydroxylation is 1. The maximum atomic E-state index is 12.4. The number of sulfone groups is 1. The van der Waals surface area contributed by atoms with Crippen molar-refractivity contribution in [2.75, 3.05) is 18.8 Å². The number of carbonyl (C=O) groups is 1. The molecule has 0 aromatic heterocycles. The fraction of sp³-hybridized carbons (Fsp3) is 0.526. The van der Waals surface area contributed by atoms with E-state index in [1.807, 2.05) is 17.0 Å². The largest absolute Gasteiger partial charge is 0.342 e. The first kappa shape index (κ1) is 17.2. The fourth-order valence-electron chi connectivity index (χ4n) is 3.66. The van der Waals surface area contributed by atoms with Crippen molar-refractivity contribution in [3.8, 4) is 0 Å². The lowest BCUT2D eigenvalue weighted by molar-refractivity contribution is -0.130. The average molecular weight is 347 g/mol. The smallest absolute Gasteiger partial charge is 0.222 e. The van der Waals surface area contributed by atoms with Crippen molar-refractivity contribution < 1.29 is 13.2 Å². The Balaban J connectivity index is 1.53. The Labute approximate surface area is 144 Å². The van der Waals surface area contributed by atoms with E-state index in [-0.39, 0.29) is 11.7 Å².